The van der Waals surface area contributed by atoms with E-state index in [1.807, 2.05) is 27.2 Å². The van der Waals surface area contributed by atoms with Crippen molar-refractivity contribution in [2.45, 2.75) is 347 Å². The Hall–Kier alpha value is -0.760. The van der Waals surface area contributed by atoms with Gasteiger partial charge in [0.15, 0.2) is 0 Å². The van der Waals surface area contributed by atoms with Gasteiger partial charge >= 0.3 is 0 Å². The maximum Gasteiger partial charge on any atom is 0.268 e. The molecule has 0 aromatic carbocycles. The summed E-state index contributed by atoms with van der Waals surface area (Å²) in [6, 6.07) is -0.882. The second-order valence-corrected chi connectivity index (χ2v) is 24.9. The van der Waals surface area contributed by atoms with Crippen LogP contribution < -0.4 is 10.2 Å². The minimum atomic E-state index is -4.59. The fourth-order valence-electron chi connectivity index (χ4n) is 9.98. The van der Waals surface area contributed by atoms with Gasteiger partial charge < -0.3 is 28.8 Å². The number of allylic oxidation sites excluding steroid dienone is 1. The molecular weight excluding hydrogens is 912 g/mol. The van der Waals surface area contributed by atoms with E-state index in [1.54, 1.807) is 6.08 Å². The van der Waals surface area contributed by atoms with Gasteiger partial charge in [-0.15, -0.1) is 0 Å². The first kappa shape index (κ1) is 71.2. The van der Waals surface area contributed by atoms with Gasteiger partial charge in [-0.05, 0) is 19.3 Å². The Morgan fingerprint density at radius 3 is 1.04 bits per heavy atom. The van der Waals surface area contributed by atoms with Gasteiger partial charge in [0, 0.05) is 6.42 Å². The fourth-order valence-corrected chi connectivity index (χ4v) is 10.7. The van der Waals surface area contributed by atoms with Gasteiger partial charge in [-0.25, -0.2) is 0 Å². The van der Waals surface area contributed by atoms with Gasteiger partial charge in [0.1, 0.15) is 13.2 Å². The van der Waals surface area contributed by atoms with Gasteiger partial charge in [0.05, 0.1) is 39.9 Å². The van der Waals surface area contributed by atoms with E-state index in [1.165, 1.54) is 276 Å². The molecule has 0 aliphatic heterocycles. The summed E-state index contributed by atoms with van der Waals surface area (Å²) in [7, 11) is 1.28. The lowest BCUT2D eigenvalue weighted by Gasteiger charge is -2.29. The molecule has 3 unspecified atom stereocenters. The highest BCUT2D eigenvalue weighted by molar-refractivity contribution is 7.45. The Kier molecular flexibility index (Phi) is 54.4. The van der Waals surface area contributed by atoms with E-state index in [0.717, 1.165) is 38.5 Å². The van der Waals surface area contributed by atoms with Crippen LogP contribution in [0, 0.1) is 0 Å². The smallest absolute Gasteiger partial charge is 0.268 e. The summed E-state index contributed by atoms with van der Waals surface area (Å²) in [5, 5.41) is 13.9. The Morgan fingerprint density at radius 1 is 0.472 bits per heavy atom. The predicted octanol–water partition coefficient (Wildman–Crippen LogP) is 19.1. The van der Waals surface area contributed by atoms with E-state index < -0.39 is 20.0 Å². The number of quaternary nitrogens is 1. The number of hydrogen-bond acceptors (Lipinski definition) is 6. The maximum absolute atomic E-state index is 13.0. The highest BCUT2D eigenvalue weighted by Crippen LogP contribution is 2.38. The monoisotopic (exact) mass is 1040 g/mol. The molecule has 0 bridgehead atoms. The molecule has 0 saturated carbocycles. The summed E-state index contributed by atoms with van der Waals surface area (Å²) in [4.78, 5) is 25.5. The molecule has 0 fully saturated rings. The second kappa shape index (κ2) is 55.0. The summed E-state index contributed by atoms with van der Waals surface area (Å²) < 4.78 is 23.4. The molecule has 430 valence electrons. The molecule has 2 N–H and O–H groups in total. The molecule has 0 aliphatic carbocycles. The number of rotatable bonds is 60. The normalized spacial score (nSPS) is 13.8. The van der Waals surface area contributed by atoms with Crippen molar-refractivity contribution in [1.82, 2.24) is 5.32 Å². The molecule has 0 rings (SSSR count). The van der Waals surface area contributed by atoms with Crippen LogP contribution in [0.2, 0.25) is 0 Å². The molecule has 72 heavy (non-hydrogen) atoms. The summed E-state index contributed by atoms with van der Waals surface area (Å²) in [5.74, 6) is -0.189. The van der Waals surface area contributed by atoms with E-state index in [-0.39, 0.29) is 19.1 Å². The van der Waals surface area contributed by atoms with E-state index in [4.69, 9.17) is 9.05 Å². The summed E-state index contributed by atoms with van der Waals surface area (Å²) in [6.45, 7) is 4.71. The van der Waals surface area contributed by atoms with Crippen LogP contribution >= 0.6 is 7.82 Å². The molecule has 9 heteroatoms. The van der Waals surface area contributed by atoms with Crippen LogP contribution in [0.4, 0.5) is 0 Å². The van der Waals surface area contributed by atoms with Crippen LogP contribution in [0.15, 0.2) is 12.2 Å². The van der Waals surface area contributed by atoms with Crippen molar-refractivity contribution >= 4 is 13.7 Å². The molecule has 0 aromatic rings. The quantitative estimate of drug-likeness (QED) is 0.0272. The number of aliphatic hydroxyl groups excluding tert-OH is 1. The van der Waals surface area contributed by atoms with Gasteiger partial charge in [-0.1, -0.05) is 321 Å². The summed E-state index contributed by atoms with van der Waals surface area (Å²) in [6.07, 6.45) is 68.9. The van der Waals surface area contributed by atoms with E-state index in [0.29, 0.717) is 17.4 Å². The van der Waals surface area contributed by atoms with Crippen LogP contribution in [0.5, 0.6) is 0 Å². The van der Waals surface area contributed by atoms with Crippen molar-refractivity contribution in [3.63, 3.8) is 0 Å². The first-order chi connectivity index (χ1) is 35.0. The molecular formula is C63H127N2O6P. The largest absolute Gasteiger partial charge is 0.756 e. The Labute approximate surface area is 450 Å². The highest BCUT2D eigenvalue weighted by atomic mass is 31.2. The van der Waals surface area contributed by atoms with Crippen molar-refractivity contribution in [2.24, 2.45) is 0 Å². The van der Waals surface area contributed by atoms with Crippen molar-refractivity contribution in [1.29, 1.82) is 0 Å². The van der Waals surface area contributed by atoms with Gasteiger partial charge in [-0.2, -0.15) is 0 Å². The first-order valence-corrected chi connectivity index (χ1v) is 33.5. The van der Waals surface area contributed by atoms with Crippen molar-refractivity contribution < 1.29 is 32.9 Å². The minimum absolute atomic E-state index is 0.00276. The second-order valence-electron chi connectivity index (χ2n) is 23.5. The summed E-state index contributed by atoms with van der Waals surface area (Å²) in [5.41, 5.74) is 0. The van der Waals surface area contributed by atoms with Crippen LogP contribution in [0.1, 0.15) is 335 Å². The Balaban J connectivity index is 4.01. The molecule has 1 amide bonds. The number of aliphatic hydroxyl groups is 1. The van der Waals surface area contributed by atoms with Gasteiger partial charge in [0.25, 0.3) is 7.82 Å². The zero-order valence-corrected chi connectivity index (χ0v) is 50.1. The van der Waals surface area contributed by atoms with E-state index in [2.05, 4.69) is 19.2 Å². The van der Waals surface area contributed by atoms with Crippen LogP contribution in [0.3, 0.4) is 0 Å². The lowest BCUT2D eigenvalue weighted by molar-refractivity contribution is -0.870. The van der Waals surface area contributed by atoms with Crippen molar-refractivity contribution in [3.05, 3.63) is 12.2 Å². The molecule has 3 atom stereocenters. The molecule has 8 nitrogen and oxygen atoms in total. The highest BCUT2D eigenvalue weighted by Gasteiger charge is 2.23. The average Bonchev–Trinajstić information content (AvgIpc) is 3.34. The number of phosphoric ester groups is 1. The molecule has 0 spiro atoms. The molecule has 0 aliphatic rings. The number of amides is 1. The van der Waals surface area contributed by atoms with Crippen molar-refractivity contribution in [3.8, 4) is 0 Å². The number of likely N-dealkylation sites (N-methyl/N-ethyl adjacent to an activating group) is 1. The number of carbonyl (C=O) groups excluding carboxylic acids is 1. The molecule has 0 saturated heterocycles. The summed E-state index contributed by atoms with van der Waals surface area (Å²) >= 11 is 0. The third-order valence-corrected chi connectivity index (χ3v) is 16.0. The Morgan fingerprint density at radius 2 is 0.750 bits per heavy atom. The van der Waals surface area contributed by atoms with Crippen molar-refractivity contribution in [2.75, 3.05) is 40.9 Å². The third-order valence-electron chi connectivity index (χ3n) is 15.0. The minimum Gasteiger partial charge on any atom is -0.756 e. The topological polar surface area (TPSA) is 108 Å². The zero-order valence-electron chi connectivity index (χ0n) is 49.2. The maximum atomic E-state index is 13.0. The average molecular weight is 1040 g/mol. The number of nitrogens with one attached hydrogen (secondary N) is 1. The third kappa shape index (κ3) is 57.0. The number of carbonyl (C=O) groups is 1. The number of nitrogens with zero attached hydrogens (tertiary/aromatic N) is 1. The van der Waals surface area contributed by atoms with Crippen LogP contribution in [-0.4, -0.2) is 68.5 Å². The number of phosphoric acid groups is 1. The fraction of sp³-hybridized carbons (Fsp3) is 0.952. The van der Waals surface area contributed by atoms with Gasteiger partial charge in [-0.3, -0.25) is 9.36 Å². The SMILES string of the molecule is CCCCCCCCCCCCCCCCCC/C=C/C(O)C(COP(=O)([O-])OCC[N+](C)(C)C)NC(=O)CCCCCCCCCCCCCCCCCCCCCCCCCCCCCCCCCC. The van der Waals surface area contributed by atoms with Crippen LogP contribution in [-0.2, 0) is 18.4 Å². The lowest BCUT2D eigenvalue weighted by Crippen LogP contribution is -2.45. The first-order valence-electron chi connectivity index (χ1n) is 32.1. The molecule has 0 aromatic heterocycles. The zero-order chi connectivity index (χ0) is 52.7. The van der Waals surface area contributed by atoms with Crippen LogP contribution in [0.25, 0.3) is 0 Å². The Bertz CT molecular complexity index is 1180. The molecule has 0 radical (unpaired) electrons. The molecule has 0 heterocycles. The van der Waals surface area contributed by atoms with E-state index >= 15 is 0 Å². The number of unbranched alkanes of at least 4 members (excludes halogenated alkanes) is 47. The standard InChI is InChI=1S/C63H127N2O6P/c1-6-8-10-12-14-16-18-20-22-24-26-27-28-29-30-31-32-33-34-35-36-37-38-39-41-43-45-47-49-51-53-55-57-63(67)64-61(60-71-72(68,69)70-59-58-65(3,4)5)62(66)56-54-52-50-48-46-44-42-40-25-23-21-19-17-15-13-11-9-7-2/h54,56,61-62,66H,6-53,55,57-60H2,1-5H3,(H-,64,67,68,69)/b56-54+. The van der Waals surface area contributed by atoms with Gasteiger partial charge in [0.2, 0.25) is 5.91 Å². The van der Waals surface area contributed by atoms with E-state index in [9.17, 15) is 19.4 Å². The number of hydrogen-bond donors (Lipinski definition) is 2. The predicted molar refractivity (Wildman–Crippen MR) is 312 cm³/mol. The lowest BCUT2D eigenvalue weighted by atomic mass is 10.0.